The average Bonchev–Trinajstić information content (AvgIpc) is 2.82. The van der Waals surface area contributed by atoms with Crippen molar-refractivity contribution in [3.8, 4) is 5.75 Å². The fourth-order valence-electron chi connectivity index (χ4n) is 3.72. The molecule has 0 amide bonds. The molecule has 0 saturated heterocycles. The van der Waals surface area contributed by atoms with E-state index in [1.54, 1.807) is 6.20 Å². The smallest absolute Gasteiger partial charge is 0.191 e. The number of rotatable bonds is 19. The van der Waals surface area contributed by atoms with Gasteiger partial charge in [0.25, 0.3) is 0 Å². The van der Waals surface area contributed by atoms with Gasteiger partial charge >= 0.3 is 0 Å². The lowest BCUT2D eigenvalue weighted by Crippen LogP contribution is -2.26. The summed E-state index contributed by atoms with van der Waals surface area (Å²) in [6, 6.07) is 7.56. The van der Waals surface area contributed by atoms with Gasteiger partial charge in [0, 0.05) is 24.8 Å². The van der Waals surface area contributed by atoms with Crippen LogP contribution in [0.5, 0.6) is 5.75 Å². The van der Waals surface area contributed by atoms with Crippen molar-refractivity contribution in [3.63, 3.8) is 0 Å². The molecule has 1 aromatic carbocycles. The SMILES string of the molecule is CCCCCCCCOC(COc1ccc(Cl)c2cccnc12)OCCCCCCCC. The minimum atomic E-state index is -0.365. The summed E-state index contributed by atoms with van der Waals surface area (Å²) in [6.45, 7) is 6.24. The molecular weight excluding hydrogens is 422 g/mol. The number of halogens is 1. The normalized spacial score (nSPS) is 11.5. The predicted octanol–water partition coefficient (Wildman–Crippen LogP) is 8.35. The maximum atomic E-state index is 6.31. The first-order valence-corrected chi connectivity index (χ1v) is 13.0. The van der Waals surface area contributed by atoms with Gasteiger partial charge < -0.3 is 14.2 Å². The van der Waals surface area contributed by atoms with E-state index in [0.29, 0.717) is 30.6 Å². The van der Waals surface area contributed by atoms with Gasteiger partial charge in [-0.25, -0.2) is 0 Å². The van der Waals surface area contributed by atoms with E-state index in [2.05, 4.69) is 18.8 Å². The quantitative estimate of drug-likeness (QED) is 0.155. The van der Waals surface area contributed by atoms with Crippen LogP contribution in [0.4, 0.5) is 0 Å². The molecule has 0 aliphatic heterocycles. The van der Waals surface area contributed by atoms with Crippen LogP contribution in [0.25, 0.3) is 10.9 Å². The third-order valence-corrected chi connectivity index (χ3v) is 5.99. The van der Waals surface area contributed by atoms with Gasteiger partial charge in [0.1, 0.15) is 17.9 Å². The van der Waals surface area contributed by atoms with Crippen LogP contribution < -0.4 is 4.74 Å². The monoisotopic (exact) mass is 463 g/mol. The fourth-order valence-corrected chi connectivity index (χ4v) is 3.94. The molecule has 1 aromatic heterocycles. The zero-order valence-corrected chi connectivity index (χ0v) is 20.9. The second-order valence-corrected chi connectivity index (χ2v) is 8.87. The Bertz CT molecular complexity index is 722. The Kier molecular flexibility index (Phi) is 14.4. The Balaban J connectivity index is 1.81. The van der Waals surface area contributed by atoms with Gasteiger partial charge in [-0.15, -0.1) is 0 Å². The highest BCUT2D eigenvalue weighted by Crippen LogP contribution is 2.29. The van der Waals surface area contributed by atoms with Gasteiger partial charge in [-0.05, 0) is 37.1 Å². The van der Waals surface area contributed by atoms with Crippen molar-refractivity contribution in [1.82, 2.24) is 4.98 Å². The molecule has 0 radical (unpaired) electrons. The maximum absolute atomic E-state index is 6.31. The van der Waals surface area contributed by atoms with Crippen LogP contribution in [-0.4, -0.2) is 31.1 Å². The number of unbranched alkanes of at least 4 members (excludes halogenated alkanes) is 10. The number of pyridine rings is 1. The van der Waals surface area contributed by atoms with Crippen molar-refractivity contribution in [2.75, 3.05) is 19.8 Å². The summed E-state index contributed by atoms with van der Waals surface area (Å²) < 4.78 is 18.2. The van der Waals surface area contributed by atoms with E-state index in [0.717, 1.165) is 23.7 Å². The van der Waals surface area contributed by atoms with Crippen LogP contribution in [0.3, 0.4) is 0 Å². The van der Waals surface area contributed by atoms with E-state index in [-0.39, 0.29) is 6.29 Å². The molecule has 0 unspecified atom stereocenters. The van der Waals surface area contributed by atoms with E-state index in [1.165, 1.54) is 64.2 Å². The van der Waals surface area contributed by atoms with Crippen LogP contribution in [0.1, 0.15) is 90.9 Å². The van der Waals surface area contributed by atoms with Crippen molar-refractivity contribution in [1.29, 1.82) is 0 Å². The molecule has 2 aromatic rings. The number of aromatic nitrogens is 1. The summed E-state index contributed by atoms with van der Waals surface area (Å²) in [5.41, 5.74) is 0.769. The minimum absolute atomic E-state index is 0.346. The van der Waals surface area contributed by atoms with Gasteiger partial charge in [-0.1, -0.05) is 89.7 Å². The Labute approximate surface area is 200 Å². The summed E-state index contributed by atoms with van der Waals surface area (Å²) in [5, 5.41) is 1.57. The Morgan fingerprint density at radius 2 is 1.38 bits per heavy atom. The molecule has 0 fully saturated rings. The summed E-state index contributed by atoms with van der Waals surface area (Å²) in [7, 11) is 0. The van der Waals surface area contributed by atoms with Crippen molar-refractivity contribution < 1.29 is 14.2 Å². The summed E-state index contributed by atoms with van der Waals surface area (Å²) >= 11 is 6.31. The topological polar surface area (TPSA) is 40.6 Å². The summed E-state index contributed by atoms with van der Waals surface area (Å²) in [6.07, 6.45) is 16.3. The van der Waals surface area contributed by atoms with Crippen molar-refractivity contribution >= 4 is 22.5 Å². The van der Waals surface area contributed by atoms with Gasteiger partial charge in [0.2, 0.25) is 0 Å². The largest absolute Gasteiger partial charge is 0.486 e. The molecule has 5 heteroatoms. The molecule has 0 atom stereocenters. The molecule has 180 valence electrons. The fraction of sp³-hybridized carbons (Fsp3) is 0.667. The number of hydrogen-bond acceptors (Lipinski definition) is 4. The number of ether oxygens (including phenoxy) is 3. The van der Waals surface area contributed by atoms with Gasteiger partial charge in [0.05, 0.1) is 5.02 Å². The van der Waals surface area contributed by atoms with Crippen LogP contribution in [0, 0.1) is 0 Å². The van der Waals surface area contributed by atoms with Crippen LogP contribution in [0.15, 0.2) is 30.5 Å². The first kappa shape index (κ1) is 26.9. The molecule has 0 aliphatic carbocycles. The molecule has 32 heavy (non-hydrogen) atoms. The zero-order chi connectivity index (χ0) is 22.9. The second kappa shape index (κ2) is 17.2. The highest BCUT2D eigenvalue weighted by Gasteiger charge is 2.13. The molecule has 2 rings (SSSR count). The minimum Gasteiger partial charge on any atom is -0.486 e. The molecule has 0 N–H and O–H groups in total. The highest BCUT2D eigenvalue weighted by atomic mass is 35.5. The van der Waals surface area contributed by atoms with E-state index < -0.39 is 0 Å². The van der Waals surface area contributed by atoms with Gasteiger partial charge in [-0.2, -0.15) is 0 Å². The third-order valence-electron chi connectivity index (χ3n) is 5.66. The number of fused-ring (bicyclic) bond motifs is 1. The van der Waals surface area contributed by atoms with Crippen LogP contribution in [-0.2, 0) is 9.47 Å². The standard InChI is InChI=1S/C27H42ClNO3/c1-3-5-7-9-11-13-20-30-26(31-21-14-12-10-8-6-4-2)22-32-25-18-17-24(28)23-16-15-19-29-27(23)25/h15-19,26H,3-14,20-22H2,1-2H3. The molecule has 1 heterocycles. The Hall–Kier alpha value is -1.36. The molecule has 0 spiro atoms. The molecule has 0 saturated carbocycles. The number of benzene rings is 1. The predicted molar refractivity (Wildman–Crippen MR) is 135 cm³/mol. The number of hydrogen-bond donors (Lipinski definition) is 0. The Morgan fingerprint density at radius 1 is 0.781 bits per heavy atom. The third kappa shape index (κ3) is 10.5. The Morgan fingerprint density at radius 3 is 2.00 bits per heavy atom. The van der Waals surface area contributed by atoms with Gasteiger partial charge in [-0.3, -0.25) is 4.98 Å². The molecular formula is C27H42ClNO3. The number of nitrogens with zero attached hydrogens (tertiary/aromatic N) is 1. The second-order valence-electron chi connectivity index (χ2n) is 8.46. The molecule has 0 aliphatic rings. The van der Waals surface area contributed by atoms with E-state index in [4.69, 9.17) is 25.8 Å². The summed E-state index contributed by atoms with van der Waals surface area (Å²) in [5.74, 6) is 0.710. The van der Waals surface area contributed by atoms with Crippen molar-refractivity contribution in [2.24, 2.45) is 0 Å². The average molecular weight is 464 g/mol. The molecule has 0 bridgehead atoms. The van der Waals surface area contributed by atoms with Crippen molar-refractivity contribution in [3.05, 3.63) is 35.5 Å². The lowest BCUT2D eigenvalue weighted by molar-refractivity contribution is -0.159. The van der Waals surface area contributed by atoms with Crippen LogP contribution in [0.2, 0.25) is 5.02 Å². The van der Waals surface area contributed by atoms with E-state index in [1.807, 2.05) is 24.3 Å². The first-order valence-electron chi connectivity index (χ1n) is 12.7. The maximum Gasteiger partial charge on any atom is 0.191 e. The van der Waals surface area contributed by atoms with Crippen LogP contribution >= 0.6 is 11.6 Å². The molecule has 4 nitrogen and oxygen atoms in total. The lowest BCUT2D eigenvalue weighted by Gasteiger charge is -2.20. The summed E-state index contributed by atoms with van der Waals surface area (Å²) in [4.78, 5) is 4.45. The van der Waals surface area contributed by atoms with Gasteiger partial charge in [0.15, 0.2) is 6.29 Å². The zero-order valence-electron chi connectivity index (χ0n) is 20.1. The van der Waals surface area contributed by atoms with E-state index in [9.17, 15) is 0 Å². The lowest BCUT2D eigenvalue weighted by atomic mass is 10.1. The van der Waals surface area contributed by atoms with E-state index >= 15 is 0 Å². The highest BCUT2D eigenvalue weighted by molar-refractivity contribution is 6.35. The first-order chi connectivity index (χ1) is 15.8. The van der Waals surface area contributed by atoms with Crippen molar-refractivity contribution in [2.45, 2.75) is 97.2 Å².